The van der Waals surface area contributed by atoms with Gasteiger partial charge in [-0.15, -0.1) is 6.42 Å². The average Bonchev–Trinajstić information content (AvgIpc) is 2.27. The van der Waals surface area contributed by atoms with Gasteiger partial charge in [0.05, 0.1) is 6.61 Å². The van der Waals surface area contributed by atoms with Crippen LogP contribution in [0, 0.1) is 12.3 Å². The van der Waals surface area contributed by atoms with Crippen molar-refractivity contribution in [2.45, 2.75) is 6.54 Å². The summed E-state index contributed by atoms with van der Waals surface area (Å²) in [4.78, 5) is 0. The Bertz CT molecular complexity index is 331. The van der Waals surface area contributed by atoms with Crippen LogP contribution in [0.15, 0.2) is 24.3 Å². The fraction of sp³-hybridized carbons (Fsp3) is 0.333. The van der Waals surface area contributed by atoms with Crippen LogP contribution in [-0.4, -0.2) is 24.9 Å². The van der Waals surface area contributed by atoms with Crippen LogP contribution in [0.5, 0.6) is 5.75 Å². The summed E-state index contributed by atoms with van der Waals surface area (Å²) in [5, 5.41) is 11.7. The molecule has 0 fully saturated rings. The SMILES string of the molecule is C#CCOc1cccc(CNCCO)c1. The Balaban J connectivity index is 2.47. The van der Waals surface area contributed by atoms with Crippen LogP contribution in [-0.2, 0) is 6.54 Å². The van der Waals surface area contributed by atoms with Crippen LogP contribution in [0.3, 0.4) is 0 Å². The van der Waals surface area contributed by atoms with Gasteiger partial charge in [0.2, 0.25) is 0 Å². The molecule has 0 spiro atoms. The lowest BCUT2D eigenvalue weighted by Gasteiger charge is -2.06. The van der Waals surface area contributed by atoms with E-state index in [0.29, 0.717) is 13.1 Å². The number of hydrogen-bond donors (Lipinski definition) is 2. The van der Waals surface area contributed by atoms with Crippen molar-refractivity contribution in [3.63, 3.8) is 0 Å². The molecule has 0 aliphatic rings. The second-order valence-electron chi connectivity index (χ2n) is 3.04. The zero-order chi connectivity index (χ0) is 10.9. The molecule has 0 saturated carbocycles. The first kappa shape index (κ1) is 11.6. The third kappa shape index (κ3) is 4.50. The molecule has 1 aromatic carbocycles. The van der Waals surface area contributed by atoms with Gasteiger partial charge in [0.15, 0.2) is 0 Å². The number of ether oxygens (including phenoxy) is 1. The Kier molecular flexibility index (Phi) is 5.31. The molecule has 80 valence electrons. The van der Waals surface area contributed by atoms with Crippen LogP contribution in [0.4, 0.5) is 0 Å². The highest BCUT2D eigenvalue weighted by atomic mass is 16.5. The van der Waals surface area contributed by atoms with Crippen molar-refractivity contribution in [3.8, 4) is 18.1 Å². The summed E-state index contributed by atoms with van der Waals surface area (Å²) in [5.74, 6) is 3.19. The summed E-state index contributed by atoms with van der Waals surface area (Å²) in [6, 6.07) is 7.71. The molecule has 0 atom stereocenters. The highest BCUT2D eigenvalue weighted by Gasteiger charge is 1.95. The van der Waals surface area contributed by atoms with Gasteiger partial charge < -0.3 is 15.2 Å². The Morgan fingerprint density at radius 3 is 3.07 bits per heavy atom. The number of aliphatic hydroxyl groups excluding tert-OH is 1. The van der Waals surface area contributed by atoms with Crippen molar-refractivity contribution >= 4 is 0 Å². The highest BCUT2D eigenvalue weighted by Crippen LogP contribution is 2.12. The molecule has 2 N–H and O–H groups in total. The van der Waals surface area contributed by atoms with Gasteiger partial charge in [-0.2, -0.15) is 0 Å². The molecule has 15 heavy (non-hydrogen) atoms. The Morgan fingerprint density at radius 2 is 2.33 bits per heavy atom. The van der Waals surface area contributed by atoms with Crippen molar-refractivity contribution in [1.29, 1.82) is 0 Å². The molecule has 0 aliphatic heterocycles. The van der Waals surface area contributed by atoms with Crippen LogP contribution >= 0.6 is 0 Å². The van der Waals surface area contributed by atoms with Gasteiger partial charge in [0.25, 0.3) is 0 Å². The summed E-state index contributed by atoms with van der Waals surface area (Å²) in [5.41, 5.74) is 1.11. The third-order valence-corrected chi connectivity index (χ3v) is 1.84. The maximum Gasteiger partial charge on any atom is 0.148 e. The van der Waals surface area contributed by atoms with Gasteiger partial charge in [-0.25, -0.2) is 0 Å². The van der Waals surface area contributed by atoms with Crippen LogP contribution in [0.2, 0.25) is 0 Å². The number of aliphatic hydroxyl groups is 1. The molecule has 3 nitrogen and oxygen atoms in total. The summed E-state index contributed by atoms with van der Waals surface area (Å²) >= 11 is 0. The van der Waals surface area contributed by atoms with E-state index in [4.69, 9.17) is 16.3 Å². The monoisotopic (exact) mass is 205 g/mol. The van der Waals surface area contributed by atoms with Crippen LogP contribution in [0.1, 0.15) is 5.56 Å². The normalized spacial score (nSPS) is 9.60. The Hall–Kier alpha value is -1.50. The molecular weight excluding hydrogens is 190 g/mol. The van der Waals surface area contributed by atoms with Gasteiger partial charge >= 0.3 is 0 Å². The quantitative estimate of drug-likeness (QED) is 0.532. The van der Waals surface area contributed by atoms with Gasteiger partial charge in [-0.3, -0.25) is 0 Å². The molecule has 0 amide bonds. The average molecular weight is 205 g/mol. The summed E-state index contributed by atoms with van der Waals surface area (Å²) < 4.78 is 5.29. The van der Waals surface area contributed by atoms with E-state index < -0.39 is 0 Å². The van der Waals surface area contributed by atoms with Gasteiger partial charge in [-0.05, 0) is 17.7 Å². The first-order valence-electron chi connectivity index (χ1n) is 4.83. The molecule has 0 aliphatic carbocycles. The molecule has 0 radical (unpaired) electrons. The number of rotatable bonds is 6. The summed E-state index contributed by atoms with van der Waals surface area (Å²) in [6.07, 6.45) is 5.10. The largest absolute Gasteiger partial charge is 0.481 e. The molecule has 1 aromatic rings. The molecule has 0 saturated heterocycles. The van der Waals surface area contributed by atoms with Crippen molar-refractivity contribution in [2.75, 3.05) is 19.8 Å². The smallest absolute Gasteiger partial charge is 0.148 e. The van der Waals surface area contributed by atoms with E-state index >= 15 is 0 Å². The van der Waals surface area contributed by atoms with Crippen molar-refractivity contribution in [1.82, 2.24) is 5.32 Å². The Morgan fingerprint density at radius 1 is 1.47 bits per heavy atom. The number of nitrogens with one attached hydrogen (secondary N) is 1. The van der Waals surface area contributed by atoms with Crippen LogP contribution in [0.25, 0.3) is 0 Å². The van der Waals surface area contributed by atoms with E-state index in [2.05, 4.69) is 11.2 Å². The molecule has 0 unspecified atom stereocenters. The second-order valence-corrected chi connectivity index (χ2v) is 3.04. The molecule has 3 heteroatoms. The van der Waals surface area contributed by atoms with E-state index in [0.717, 1.165) is 11.3 Å². The number of benzene rings is 1. The highest BCUT2D eigenvalue weighted by molar-refractivity contribution is 5.28. The molecule has 0 bridgehead atoms. The number of hydrogen-bond acceptors (Lipinski definition) is 3. The van der Waals surface area contributed by atoms with E-state index in [-0.39, 0.29) is 13.2 Å². The lowest BCUT2D eigenvalue weighted by atomic mass is 10.2. The fourth-order valence-electron chi connectivity index (χ4n) is 1.18. The van der Waals surface area contributed by atoms with E-state index in [1.54, 1.807) is 0 Å². The van der Waals surface area contributed by atoms with E-state index in [1.807, 2.05) is 24.3 Å². The lowest BCUT2D eigenvalue weighted by Crippen LogP contribution is -2.17. The maximum atomic E-state index is 8.61. The summed E-state index contributed by atoms with van der Waals surface area (Å²) in [6.45, 7) is 1.74. The van der Waals surface area contributed by atoms with Crippen molar-refractivity contribution < 1.29 is 9.84 Å². The molecule has 0 aromatic heterocycles. The molecule has 0 heterocycles. The maximum absolute atomic E-state index is 8.61. The standard InChI is InChI=1S/C12H15NO2/c1-2-8-15-12-5-3-4-11(9-12)10-13-6-7-14/h1,3-5,9,13-14H,6-8,10H2. The van der Waals surface area contributed by atoms with Gasteiger partial charge in [0.1, 0.15) is 12.4 Å². The first-order valence-corrected chi connectivity index (χ1v) is 4.83. The lowest BCUT2D eigenvalue weighted by molar-refractivity contribution is 0.292. The zero-order valence-corrected chi connectivity index (χ0v) is 8.57. The van der Waals surface area contributed by atoms with E-state index in [9.17, 15) is 0 Å². The minimum atomic E-state index is 0.146. The number of terminal acetylenes is 1. The third-order valence-electron chi connectivity index (χ3n) is 1.84. The minimum Gasteiger partial charge on any atom is -0.481 e. The van der Waals surface area contributed by atoms with Crippen molar-refractivity contribution in [3.05, 3.63) is 29.8 Å². The van der Waals surface area contributed by atoms with Crippen LogP contribution < -0.4 is 10.1 Å². The molecular formula is C12H15NO2. The first-order chi connectivity index (χ1) is 7.36. The van der Waals surface area contributed by atoms with E-state index in [1.165, 1.54) is 0 Å². The predicted molar refractivity (Wildman–Crippen MR) is 59.6 cm³/mol. The summed E-state index contributed by atoms with van der Waals surface area (Å²) in [7, 11) is 0. The zero-order valence-electron chi connectivity index (χ0n) is 8.57. The fourth-order valence-corrected chi connectivity index (χ4v) is 1.18. The van der Waals surface area contributed by atoms with Gasteiger partial charge in [-0.1, -0.05) is 18.1 Å². The second kappa shape index (κ2) is 6.88. The topological polar surface area (TPSA) is 41.5 Å². The Labute approximate surface area is 90.1 Å². The van der Waals surface area contributed by atoms with Crippen molar-refractivity contribution in [2.24, 2.45) is 0 Å². The molecule has 1 rings (SSSR count). The predicted octanol–water partition coefficient (Wildman–Crippen LogP) is 0.780. The van der Waals surface area contributed by atoms with Gasteiger partial charge in [0, 0.05) is 13.1 Å². The minimum absolute atomic E-state index is 0.146.